The predicted molar refractivity (Wildman–Crippen MR) is 202 cm³/mol. The fraction of sp³-hybridized carbons (Fsp3) is 0.952. The first-order valence-electron chi connectivity index (χ1n) is 21.0. The van der Waals surface area contributed by atoms with E-state index in [1.807, 2.05) is 20.8 Å². The molecular formula is C42H72O14. The number of aliphatic hydroxyl groups is 10. The van der Waals surface area contributed by atoms with Crippen LogP contribution in [0.3, 0.4) is 0 Å². The first kappa shape index (κ1) is 44.7. The molecule has 2 unspecified atom stereocenters. The number of allylic oxidation sites excluding steroid dienone is 2. The highest BCUT2D eigenvalue weighted by Gasteiger charge is 2.73. The lowest BCUT2D eigenvalue weighted by Crippen LogP contribution is -2.69. The van der Waals surface area contributed by atoms with Crippen molar-refractivity contribution in [2.75, 3.05) is 13.2 Å². The fourth-order valence-corrected chi connectivity index (χ4v) is 13.6. The van der Waals surface area contributed by atoms with Gasteiger partial charge in [-0.05, 0) is 117 Å². The number of hydrogen-bond donors (Lipinski definition) is 10. The van der Waals surface area contributed by atoms with E-state index in [4.69, 9.17) is 18.9 Å². The third kappa shape index (κ3) is 7.06. The maximum absolute atomic E-state index is 12.5. The molecule has 21 atom stereocenters. The van der Waals surface area contributed by atoms with Crippen molar-refractivity contribution in [3.8, 4) is 0 Å². The van der Waals surface area contributed by atoms with Crippen LogP contribution in [-0.2, 0) is 18.9 Å². The van der Waals surface area contributed by atoms with Gasteiger partial charge in [0.05, 0.1) is 37.1 Å². The number of hydrogen-bond acceptors (Lipinski definition) is 14. The molecule has 2 heterocycles. The van der Waals surface area contributed by atoms with Crippen LogP contribution in [0, 0.1) is 45.3 Å². The van der Waals surface area contributed by atoms with Crippen molar-refractivity contribution in [3.05, 3.63) is 11.6 Å². The summed E-state index contributed by atoms with van der Waals surface area (Å²) in [6, 6.07) is 0. The van der Waals surface area contributed by atoms with Gasteiger partial charge in [-0.15, -0.1) is 0 Å². The van der Waals surface area contributed by atoms with E-state index < -0.39 is 109 Å². The maximum atomic E-state index is 12.5. The molecule has 0 aromatic carbocycles. The average Bonchev–Trinajstić information content (AvgIpc) is 3.51. The highest BCUT2D eigenvalue weighted by atomic mass is 16.7. The Kier molecular flexibility index (Phi) is 12.7. The Hall–Kier alpha value is -0.820. The molecule has 4 saturated carbocycles. The second kappa shape index (κ2) is 15.9. The Morgan fingerprint density at radius 1 is 0.714 bits per heavy atom. The van der Waals surface area contributed by atoms with E-state index in [2.05, 4.69) is 40.7 Å². The molecule has 0 radical (unpaired) electrons. The van der Waals surface area contributed by atoms with Gasteiger partial charge in [-0.1, -0.05) is 46.3 Å². The van der Waals surface area contributed by atoms with E-state index in [-0.39, 0.29) is 34.5 Å². The van der Waals surface area contributed by atoms with E-state index >= 15 is 0 Å². The molecule has 14 heteroatoms. The molecule has 0 aromatic rings. The Balaban J connectivity index is 1.28. The third-order valence-electron chi connectivity index (χ3n) is 16.6. The Bertz CT molecular complexity index is 1400. The van der Waals surface area contributed by atoms with Crippen LogP contribution in [0.4, 0.5) is 0 Å². The summed E-state index contributed by atoms with van der Waals surface area (Å²) in [5.41, 5.74) is -1.43. The minimum absolute atomic E-state index is 0.0224. The second-order valence-electron chi connectivity index (χ2n) is 20.3. The molecular weight excluding hydrogens is 728 g/mol. The summed E-state index contributed by atoms with van der Waals surface area (Å²) in [4.78, 5) is 0. The van der Waals surface area contributed by atoms with Gasteiger partial charge in [0.2, 0.25) is 0 Å². The highest BCUT2D eigenvalue weighted by molar-refractivity contribution is 5.21. The van der Waals surface area contributed by atoms with E-state index in [1.54, 1.807) is 0 Å². The van der Waals surface area contributed by atoms with E-state index in [0.717, 1.165) is 31.3 Å². The van der Waals surface area contributed by atoms with E-state index in [9.17, 15) is 51.1 Å². The lowest BCUT2D eigenvalue weighted by atomic mass is 9.35. The molecule has 10 N–H and O–H groups in total. The summed E-state index contributed by atoms with van der Waals surface area (Å²) < 4.78 is 24.7. The minimum Gasteiger partial charge on any atom is -0.394 e. The first-order valence-corrected chi connectivity index (χ1v) is 21.0. The van der Waals surface area contributed by atoms with Gasteiger partial charge < -0.3 is 70.0 Å². The molecule has 0 bridgehead atoms. The summed E-state index contributed by atoms with van der Waals surface area (Å²) in [7, 11) is 0. The van der Waals surface area contributed by atoms with Gasteiger partial charge in [0.15, 0.2) is 12.6 Å². The normalized spacial score (nSPS) is 52.6. The van der Waals surface area contributed by atoms with Crippen molar-refractivity contribution in [1.29, 1.82) is 0 Å². The topological polar surface area (TPSA) is 239 Å². The zero-order valence-electron chi connectivity index (χ0n) is 34.6. The van der Waals surface area contributed by atoms with Crippen LogP contribution < -0.4 is 0 Å². The van der Waals surface area contributed by atoms with Gasteiger partial charge in [0.1, 0.15) is 48.8 Å². The van der Waals surface area contributed by atoms with Gasteiger partial charge in [0, 0.05) is 0 Å². The Morgan fingerprint density at radius 3 is 1.84 bits per heavy atom. The van der Waals surface area contributed by atoms with Gasteiger partial charge >= 0.3 is 0 Å². The SMILES string of the molecule is CC(C)=CCC[C@](C)(O[C@@H]1O[C@H](CO)[C@@H](O)[C@H](O)[C@H]1O)[C@H]1CC[C@]2(C)[C@@H]1[C@H](O)CC1[C@@]3(C)C[C@@H](O)[C@H](O[C@@H]4O[C@H](CO)[C@@H](O)[C@H](O)[C@H]4O)C(C)(C)C3CC[C@]12C. The molecule has 6 fully saturated rings. The molecule has 6 aliphatic rings. The minimum atomic E-state index is -1.60. The van der Waals surface area contributed by atoms with Gasteiger partial charge in [-0.3, -0.25) is 0 Å². The van der Waals surface area contributed by atoms with Gasteiger partial charge in [-0.2, -0.15) is 0 Å². The number of rotatable bonds is 10. The second-order valence-corrected chi connectivity index (χ2v) is 20.3. The monoisotopic (exact) mass is 800 g/mol. The van der Waals surface area contributed by atoms with Crippen molar-refractivity contribution >= 4 is 0 Å². The summed E-state index contributed by atoms with van der Waals surface area (Å²) >= 11 is 0. The molecule has 0 amide bonds. The lowest BCUT2D eigenvalue weighted by molar-refractivity contribution is -0.345. The number of fused-ring (bicyclic) bond motifs is 5. The average molecular weight is 801 g/mol. The first-order chi connectivity index (χ1) is 26.0. The van der Waals surface area contributed by atoms with Crippen LogP contribution in [0.15, 0.2) is 11.6 Å². The van der Waals surface area contributed by atoms with Crippen LogP contribution in [0.1, 0.15) is 107 Å². The molecule has 0 aromatic heterocycles. The van der Waals surface area contributed by atoms with Crippen LogP contribution in [0.2, 0.25) is 0 Å². The van der Waals surface area contributed by atoms with Crippen molar-refractivity contribution in [3.63, 3.8) is 0 Å². The number of aliphatic hydroxyl groups excluding tert-OH is 10. The lowest BCUT2D eigenvalue weighted by Gasteiger charge is -2.71. The van der Waals surface area contributed by atoms with Crippen LogP contribution in [0.5, 0.6) is 0 Å². The zero-order valence-corrected chi connectivity index (χ0v) is 34.6. The summed E-state index contributed by atoms with van der Waals surface area (Å²) in [6.45, 7) is 15.9. The molecule has 0 spiro atoms. The molecule has 4 aliphatic carbocycles. The van der Waals surface area contributed by atoms with Crippen LogP contribution >= 0.6 is 0 Å². The molecule has 14 nitrogen and oxygen atoms in total. The van der Waals surface area contributed by atoms with E-state index in [0.29, 0.717) is 25.7 Å². The van der Waals surface area contributed by atoms with Crippen molar-refractivity contribution in [1.82, 2.24) is 0 Å². The Morgan fingerprint density at radius 2 is 1.27 bits per heavy atom. The van der Waals surface area contributed by atoms with Gasteiger partial charge in [-0.25, -0.2) is 0 Å². The van der Waals surface area contributed by atoms with Crippen LogP contribution in [-0.4, -0.2) is 150 Å². The molecule has 6 rings (SSSR count). The molecule has 56 heavy (non-hydrogen) atoms. The maximum Gasteiger partial charge on any atom is 0.187 e. The zero-order chi connectivity index (χ0) is 41.5. The predicted octanol–water partition coefficient (Wildman–Crippen LogP) is 1.12. The third-order valence-corrected chi connectivity index (χ3v) is 16.6. The van der Waals surface area contributed by atoms with Crippen molar-refractivity contribution < 1.29 is 70.0 Å². The summed E-state index contributed by atoms with van der Waals surface area (Å²) in [6.07, 6.45) is -9.27. The van der Waals surface area contributed by atoms with Gasteiger partial charge in [0.25, 0.3) is 0 Å². The quantitative estimate of drug-likeness (QED) is 0.110. The van der Waals surface area contributed by atoms with Crippen molar-refractivity contribution in [2.45, 2.75) is 192 Å². The Labute approximate surface area is 331 Å². The van der Waals surface area contributed by atoms with E-state index in [1.165, 1.54) is 0 Å². The molecule has 324 valence electrons. The summed E-state index contributed by atoms with van der Waals surface area (Å²) in [5.74, 6) is -0.281. The van der Waals surface area contributed by atoms with Crippen molar-refractivity contribution in [2.24, 2.45) is 45.3 Å². The highest BCUT2D eigenvalue weighted by Crippen LogP contribution is 2.76. The molecule has 2 aliphatic heterocycles. The smallest absolute Gasteiger partial charge is 0.187 e. The summed E-state index contributed by atoms with van der Waals surface area (Å²) in [5, 5.41) is 108. The van der Waals surface area contributed by atoms with Crippen LogP contribution in [0.25, 0.3) is 0 Å². The largest absolute Gasteiger partial charge is 0.394 e. The standard InChI is InChI=1S/C42H72O14/c1-20(2)10-9-13-42(8,56-37-34(52)32(50)30(48)25(19-44)54-37)21-11-14-41(7)28(21)22(45)16-27-39(5)17-23(46)35(38(3,4)26(39)12-15-40(27,41)6)55-36-33(51)31(49)29(47)24(18-43)53-36/h10,21-37,43-52H,9,11-19H2,1-8H3/t21-,22+,23+,24+,25+,26?,27?,28-,29+,30+,31-,32-,33+,34+,35-,36-,37-,39-,40+,41+,42-/m0/s1. The molecule has 2 saturated heterocycles. The fourth-order valence-electron chi connectivity index (χ4n) is 13.6. The number of ether oxygens (including phenoxy) is 4.